The number of quaternary nitrogens is 1. The molecule has 0 aromatic rings. The van der Waals surface area contributed by atoms with Crippen LogP contribution in [0.3, 0.4) is 0 Å². The molecule has 0 radical (unpaired) electrons. The maximum atomic E-state index is 11.2. The summed E-state index contributed by atoms with van der Waals surface area (Å²) in [7, 11) is 0. The van der Waals surface area contributed by atoms with Crippen molar-refractivity contribution in [2.45, 2.75) is 137 Å². The summed E-state index contributed by atoms with van der Waals surface area (Å²) in [6.07, 6.45) is 20.4. The van der Waals surface area contributed by atoms with E-state index in [1.165, 1.54) is 116 Å². The van der Waals surface area contributed by atoms with Crippen molar-refractivity contribution in [3.05, 3.63) is 0 Å². The molecule has 1 unspecified atom stereocenters. The summed E-state index contributed by atoms with van der Waals surface area (Å²) in [6, 6.07) is 0. The Kier molecular flexibility index (Phi) is 22.8. The van der Waals surface area contributed by atoms with Crippen molar-refractivity contribution in [3.8, 4) is 0 Å². The molecule has 0 aromatic carbocycles. The molecule has 0 aliphatic carbocycles. The van der Waals surface area contributed by atoms with E-state index < -0.39 is 0 Å². The van der Waals surface area contributed by atoms with Crippen molar-refractivity contribution in [3.63, 3.8) is 0 Å². The van der Waals surface area contributed by atoms with Crippen molar-refractivity contribution >= 4 is 0 Å². The van der Waals surface area contributed by atoms with Crippen molar-refractivity contribution < 1.29 is 22.0 Å². The average Bonchev–Trinajstić information content (AvgIpc) is 2.65. The van der Waals surface area contributed by atoms with Gasteiger partial charge in [-0.3, -0.25) is 4.48 Å². The predicted octanol–water partition coefficient (Wildman–Crippen LogP) is 4.45. The number of unbranched alkanes of at least 4 members (excludes halogenated alkanes) is 11. The van der Waals surface area contributed by atoms with Gasteiger partial charge in [0.1, 0.15) is 0 Å². The van der Waals surface area contributed by atoms with E-state index in [0.29, 0.717) is 0 Å². The van der Waals surface area contributed by atoms with Crippen LogP contribution in [0.2, 0.25) is 0 Å². The quantitative estimate of drug-likeness (QED) is 0.180. The van der Waals surface area contributed by atoms with Crippen LogP contribution in [0.15, 0.2) is 0 Å². The second-order valence-corrected chi connectivity index (χ2v) is 8.55. The molecule has 0 bridgehead atoms. The van der Waals surface area contributed by atoms with Gasteiger partial charge in [0, 0.05) is 6.42 Å². The highest BCUT2D eigenvalue weighted by Gasteiger charge is 2.33. The van der Waals surface area contributed by atoms with Gasteiger partial charge >= 0.3 is 0 Å². The van der Waals surface area contributed by atoms with Gasteiger partial charge in [-0.05, 0) is 44.9 Å². The highest BCUT2D eigenvalue weighted by atomic mass is 35.5. The van der Waals surface area contributed by atoms with Gasteiger partial charge in [0.05, 0.1) is 19.6 Å². The Balaban J connectivity index is 0. The van der Waals surface area contributed by atoms with E-state index in [4.69, 9.17) is 0 Å². The Morgan fingerprint density at radius 2 is 0.852 bits per heavy atom. The number of halogens is 1. The van der Waals surface area contributed by atoms with Crippen LogP contribution in [0.25, 0.3) is 0 Å². The molecule has 27 heavy (non-hydrogen) atoms. The molecule has 0 fully saturated rings. The third kappa shape index (κ3) is 14.8. The molecule has 0 rings (SSSR count). The van der Waals surface area contributed by atoms with Crippen LogP contribution in [0.1, 0.15) is 130 Å². The van der Waals surface area contributed by atoms with Gasteiger partial charge < -0.3 is 17.5 Å². The van der Waals surface area contributed by atoms with Gasteiger partial charge in [-0.1, -0.05) is 79.1 Å². The average molecular weight is 406 g/mol. The molecule has 0 aliphatic rings. The minimum Gasteiger partial charge on any atom is -1.00 e. The molecule has 0 aromatic heterocycles. The molecule has 0 amide bonds. The van der Waals surface area contributed by atoms with Crippen molar-refractivity contribution in [1.29, 1.82) is 0 Å². The SMILES string of the molecule is CCCCCC[N+](CCCCCC)(CCCCCC)C(O)CCCCC.[Cl-]. The van der Waals surface area contributed by atoms with E-state index in [0.717, 1.165) is 10.9 Å². The summed E-state index contributed by atoms with van der Waals surface area (Å²) in [4.78, 5) is 0. The van der Waals surface area contributed by atoms with Gasteiger partial charge in [0.15, 0.2) is 6.23 Å². The number of aliphatic hydroxyl groups excluding tert-OH is 1. The van der Waals surface area contributed by atoms with Crippen molar-refractivity contribution in [1.82, 2.24) is 0 Å². The van der Waals surface area contributed by atoms with E-state index in [2.05, 4.69) is 27.7 Å². The van der Waals surface area contributed by atoms with Crippen LogP contribution in [-0.2, 0) is 0 Å². The van der Waals surface area contributed by atoms with Gasteiger partial charge in [-0.25, -0.2) is 0 Å². The first-order valence-electron chi connectivity index (χ1n) is 12.2. The Morgan fingerprint density at radius 3 is 1.19 bits per heavy atom. The maximum absolute atomic E-state index is 11.2. The molecule has 2 nitrogen and oxygen atoms in total. The van der Waals surface area contributed by atoms with Crippen LogP contribution in [0.4, 0.5) is 0 Å². The fourth-order valence-electron chi connectivity index (χ4n) is 4.19. The monoisotopic (exact) mass is 405 g/mol. The molecular formula is C24H52ClNO. The minimum atomic E-state index is -0.133. The third-order valence-electron chi connectivity index (χ3n) is 6.07. The van der Waals surface area contributed by atoms with Crippen LogP contribution < -0.4 is 12.4 Å². The maximum Gasteiger partial charge on any atom is 0.190 e. The Bertz CT molecular complexity index is 254. The lowest BCUT2D eigenvalue weighted by atomic mass is 10.1. The van der Waals surface area contributed by atoms with E-state index in [1.54, 1.807) is 0 Å². The fourth-order valence-corrected chi connectivity index (χ4v) is 4.19. The predicted molar refractivity (Wildman–Crippen MR) is 117 cm³/mol. The zero-order chi connectivity index (χ0) is 19.5. The third-order valence-corrected chi connectivity index (χ3v) is 6.07. The molecule has 3 heteroatoms. The summed E-state index contributed by atoms with van der Waals surface area (Å²) in [5.74, 6) is 0. The van der Waals surface area contributed by atoms with Crippen molar-refractivity contribution in [2.75, 3.05) is 19.6 Å². The minimum absolute atomic E-state index is 0. The summed E-state index contributed by atoms with van der Waals surface area (Å²) in [5, 5.41) is 11.2. The van der Waals surface area contributed by atoms with Gasteiger partial charge in [-0.2, -0.15) is 0 Å². The first-order chi connectivity index (χ1) is 12.7. The van der Waals surface area contributed by atoms with Gasteiger partial charge in [-0.15, -0.1) is 0 Å². The van der Waals surface area contributed by atoms with Gasteiger partial charge in [0.2, 0.25) is 0 Å². The van der Waals surface area contributed by atoms with Crippen molar-refractivity contribution in [2.24, 2.45) is 0 Å². The number of aliphatic hydroxyl groups is 1. The van der Waals surface area contributed by atoms with E-state index >= 15 is 0 Å². The van der Waals surface area contributed by atoms with E-state index in [9.17, 15) is 5.11 Å². The lowest BCUT2D eigenvalue weighted by molar-refractivity contribution is -0.972. The van der Waals surface area contributed by atoms with Gasteiger partial charge in [0.25, 0.3) is 0 Å². The zero-order valence-corrected chi connectivity index (χ0v) is 20.0. The summed E-state index contributed by atoms with van der Waals surface area (Å²) in [6.45, 7) is 12.7. The molecule has 1 atom stereocenters. The number of hydrogen-bond acceptors (Lipinski definition) is 1. The number of nitrogens with zero attached hydrogens (tertiary/aromatic N) is 1. The molecular weight excluding hydrogens is 354 g/mol. The molecule has 166 valence electrons. The number of hydrogen-bond donors (Lipinski definition) is 1. The largest absolute Gasteiger partial charge is 1.00 e. The Morgan fingerprint density at radius 1 is 0.519 bits per heavy atom. The Hall–Kier alpha value is 0.210. The topological polar surface area (TPSA) is 20.2 Å². The lowest BCUT2D eigenvalue weighted by Gasteiger charge is -2.43. The zero-order valence-electron chi connectivity index (χ0n) is 19.3. The molecule has 0 aliphatic heterocycles. The van der Waals surface area contributed by atoms with Crippen LogP contribution >= 0.6 is 0 Å². The molecule has 0 saturated heterocycles. The summed E-state index contributed by atoms with van der Waals surface area (Å²) in [5.41, 5.74) is 0. The highest BCUT2D eigenvalue weighted by Crippen LogP contribution is 2.23. The number of rotatable bonds is 20. The van der Waals surface area contributed by atoms with Crippen LogP contribution in [0, 0.1) is 0 Å². The smallest absolute Gasteiger partial charge is 0.190 e. The van der Waals surface area contributed by atoms with Crippen LogP contribution in [-0.4, -0.2) is 35.5 Å². The fraction of sp³-hybridized carbons (Fsp3) is 1.00. The second-order valence-electron chi connectivity index (χ2n) is 8.55. The lowest BCUT2D eigenvalue weighted by Crippen LogP contribution is -3.00. The highest BCUT2D eigenvalue weighted by molar-refractivity contribution is 4.56. The Labute approximate surface area is 178 Å². The summed E-state index contributed by atoms with van der Waals surface area (Å²) >= 11 is 0. The first kappa shape index (κ1) is 29.4. The molecule has 0 spiro atoms. The molecule has 0 heterocycles. The second kappa shape index (κ2) is 20.9. The standard InChI is InChI=1S/C24H52NO.ClH/c1-5-9-13-17-21-25(22-18-14-10-6-2,23-19-15-11-7-3)24(26)20-16-12-8-4;/h24,26H,5-23H2,1-4H3;1H/q+1;/p-1. The summed E-state index contributed by atoms with van der Waals surface area (Å²) < 4.78 is 1.00. The van der Waals surface area contributed by atoms with E-state index in [-0.39, 0.29) is 18.6 Å². The first-order valence-corrected chi connectivity index (χ1v) is 12.2. The normalized spacial score (nSPS) is 12.8. The molecule has 0 saturated carbocycles. The van der Waals surface area contributed by atoms with E-state index in [1.807, 2.05) is 0 Å². The molecule has 1 N–H and O–H groups in total. The van der Waals surface area contributed by atoms with Crippen LogP contribution in [0.5, 0.6) is 0 Å².